The van der Waals surface area contributed by atoms with Crippen molar-refractivity contribution in [2.45, 2.75) is 30.9 Å². The maximum absolute atomic E-state index is 13.5. The molecule has 0 fully saturated rings. The molecule has 0 bridgehead atoms. The zero-order valence-electron chi connectivity index (χ0n) is 17.0. The molecule has 0 aliphatic heterocycles. The van der Waals surface area contributed by atoms with Crippen LogP contribution in [0.25, 0.3) is 11.0 Å². The normalized spacial score (nSPS) is 11.8. The van der Waals surface area contributed by atoms with Crippen LogP contribution in [0.5, 0.6) is 0 Å². The van der Waals surface area contributed by atoms with E-state index in [1.165, 1.54) is 12.3 Å². The van der Waals surface area contributed by atoms with E-state index in [9.17, 15) is 12.8 Å². The minimum absolute atomic E-state index is 0.255. The lowest BCUT2D eigenvalue weighted by molar-refractivity contribution is 0.587. The van der Waals surface area contributed by atoms with E-state index in [2.05, 4.69) is 35.8 Å². The predicted molar refractivity (Wildman–Crippen MR) is 116 cm³/mol. The molecule has 4 rings (SSSR count). The highest BCUT2D eigenvalue weighted by atomic mass is 32.2. The number of nitrogens with one attached hydrogen (secondary N) is 3. The number of anilines is 4. The molecule has 0 aliphatic carbocycles. The standard InChI is InChI=1S/C20H20FN7O2S/c1-11(2)31(29,30)16-9-14(5-4-12(16)3)24-20-22-7-6-17(26-20)25-19-15-8-13(21)10-23-18(15)27-28-19/h4-11H,1-3H3,(H3,22,23,24,25,26,27,28). The number of aromatic amines is 1. The second-order valence-electron chi connectivity index (χ2n) is 7.21. The van der Waals surface area contributed by atoms with E-state index in [0.717, 1.165) is 6.20 Å². The second kappa shape index (κ2) is 7.91. The number of pyridine rings is 1. The van der Waals surface area contributed by atoms with Crippen molar-refractivity contribution in [1.82, 2.24) is 25.1 Å². The molecule has 0 unspecified atom stereocenters. The van der Waals surface area contributed by atoms with E-state index < -0.39 is 20.9 Å². The van der Waals surface area contributed by atoms with Gasteiger partial charge in [-0.3, -0.25) is 5.10 Å². The highest BCUT2D eigenvalue weighted by Crippen LogP contribution is 2.26. The first-order chi connectivity index (χ1) is 14.7. The van der Waals surface area contributed by atoms with Crippen LogP contribution in [-0.2, 0) is 9.84 Å². The lowest BCUT2D eigenvalue weighted by Crippen LogP contribution is -2.15. The number of hydrogen-bond acceptors (Lipinski definition) is 8. The van der Waals surface area contributed by atoms with Crippen LogP contribution in [0.3, 0.4) is 0 Å². The van der Waals surface area contributed by atoms with Crippen LogP contribution in [-0.4, -0.2) is 38.8 Å². The van der Waals surface area contributed by atoms with Gasteiger partial charge in [-0.1, -0.05) is 6.07 Å². The number of aryl methyl sites for hydroxylation is 1. The molecule has 1 aromatic carbocycles. The molecule has 0 spiro atoms. The quantitative estimate of drug-likeness (QED) is 0.412. The third-order valence-electron chi connectivity index (χ3n) is 4.66. The summed E-state index contributed by atoms with van der Waals surface area (Å²) in [7, 11) is -3.43. The molecule has 0 radical (unpaired) electrons. The van der Waals surface area contributed by atoms with Crippen molar-refractivity contribution < 1.29 is 12.8 Å². The van der Waals surface area contributed by atoms with Crippen LogP contribution in [0.2, 0.25) is 0 Å². The predicted octanol–water partition coefficient (Wildman–Crippen LogP) is 3.86. The zero-order chi connectivity index (χ0) is 22.2. The number of sulfone groups is 1. The van der Waals surface area contributed by atoms with Crippen LogP contribution in [0.4, 0.5) is 27.7 Å². The molecule has 9 nitrogen and oxygen atoms in total. The molecule has 0 aliphatic rings. The Morgan fingerprint density at radius 1 is 1.10 bits per heavy atom. The van der Waals surface area contributed by atoms with Crippen molar-refractivity contribution in [2.24, 2.45) is 0 Å². The second-order valence-corrected chi connectivity index (χ2v) is 9.68. The first-order valence-corrected chi connectivity index (χ1v) is 11.0. The number of fused-ring (bicyclic) bond motifs is 1. The number of rotatable bonds is 6. The van der Waals surface area contributed by atoms with E-state index in [1.54, 1.807) is 45.0 Å². The van der Waals surface area contributed by atoms with Crippen LogP contribution in [0, 0.1) is 12.7 Å². The van der Waals surface area contributed by atoms with Gasteiger partial charge in [-0.05, 0) is 50.6 Å². The molecule has 0 atom stereocenters. The number of H-pyrrole nitrogens is 1. The first kappa shape index (κ1) is 20.7. The SMILES string of the molecule is Cc1ccc(Nc2nccc(Nc3n[nH]c4ncc(F)cc34)n2)cc1S(=O)(=O)C(C)C. The van der Waals surface area contributed by atoms with E-state index in [-0.39, 0.29) is 10.8 Å². The third kappa shape index (κ3) is 4.17. The lowest BCUT2D eigenvalue weighted by atomic mass is 10.2. The Hall–Kier alpha value is -3.60. The van der Waals surface area contributed by atoms with Gasteiger partial charge in [0.2, 0.25) is 5.95 Å². The molecule has 0 saturated heterocycles. The van der Waals surface area contributed by atoms with Gasteiger partial charge in [0.15, 0.2) is 21.3 Å². The molecule has 0 amide bonds. The van der Waals surface area contributed by atoms with Gasteiger partial charge < -0.3 is 10.6 Å². The van der Waals surface area contributed by atoms with Gasteiger partial charge in [-0.15, -0.1) is 0 Å². The summed E-state index contributed by atoms with van der Waals surface area (Å²) in [6, 6.07) is 8.01. The smallest absolute Gasteiger partial charge is 0.229 e. The highest BCUT2D eigenvalue weighted by molar-refractivity contribution is 7.92. The fourth-order valence-corrected chi connectivity index (χ4v) is 4.27. The number of halogens is 1. The van der Waals surface area contributed by atoms with Crippen molar-refractivity contribution in [2.75, 3.05) is 10.6 Å². The third-order valence-corrected chi connectivity index (χ3v) is 6.95. The number of nitrogens with zero attached hydrogens (tertiary/aromatic N) is 4. The average molecular weight is 441 g/mol. The zero-order valence-corrected chi connectivity index (χ0v) is 17.8. The number of benzene rings is 1. The fraction of sp³-hybridized carbons (Fsp3) is 0.200. The fourth-order valence-electron chi connectivity index (χ4n) is 2.95. The van der Waals surface area contributed by atoms with Gasteiger partial charge in [0.05, 0.1) is 21.7 Å². The number of aromatic nitrogens is 5. The molecule has 3 N–H and O–H groups in total. The summed E-state index contributed by atoms with van der Waals surface area (Å²) in [5.41, 5.74) is 1.65. The Morgan fingerprint density at radius 2 is 1.90 bits per heavy atom. The molecule has 0 saturated carbocycles. The van der Waals surface area contributed by atoms with Gasteiger partial charge in [0.1, 0.15) is 11.6 Å². The van der Waals surface area contributed by atoms with Crippen LogP contribution in [0.15, 0.2) is 47.6 Å². The largest absolute Gasteiger partial charge is 0.324 e. The average Bonchev–Trinajstić information content (AvgIpc) is 3.11. The van der Waals surface area contributed by atoms with E-state index in [0.29, 0.717) is 33.9 Å². The molecule has 4 aromatic rings. The monoisotopic (exact) mass is 441 g/mol. The molecule has 3 heterocycles. The Kier molecular flexibility index (Phi) is 5.27. The Balaban J connectivity index is 1.60. The minimum atomic E-state index is -3.43. The summed E-state index contributed by atoms with van der Waals surface area (Å²) in [5, 5.41) is 12.8. The summed E-state index contributed by atoms with van der Waals surface area (Å²) in [4.78, 5) is 12.7. The van der Waals surface area contributed by atoms with Crippen molar-refractivity contribution in [3.8, 4) is 0 Å². The lowest BCUT2D eigenvalue weighted by Gasteiger charge is -2.13. The maximum atomic E-state index is 13.5. The number of hydrogen-bond donors (Lipinski definition) is 3. The van der Waals surface area contributed by atoms with E-state index in [4.69, 9.17) is 0 Å². The Labute approximate surface area is 178 Å². The van der Waals surface area contributed by atoms with E-state index in [1.807, 2.05) is 0 Å². The summed E-state index contributed by atoms with van der Waals surface area (Å²) in [6.45, 7) is 5.05. The minimum Gasteiger partial charge on any atom is -0.324 e. The summed E-state index contributed by atoms with van der Waals surface area (Å²) >= 11 is 0. The molecular formula is C20H20FN7O2S. The van der Waals surface area contributed by atoms with Crippen molar-refractivity contribution >= 4 is 44.1 Å². The van der Waals surface area contributed by atoms with Crippen LogP contribution in [0.1, 0.15) is 19.4 Å². The van der Waals surface area contributed by atoms with E-state index >= 15 is 0 Å². The highest BCUT2D eigenvalue weighted by Gasteiger charge is 2.21. The van der Waals surface area contributed by atoms with Gasteiger partial charge in [0, 0.05) is 11.9 Å². The topological polar surface area (TPSA) is 126 Å². The summed E-state index contributed by atoms with van der Waals surface area (Å²) < 4.78 is 38.7. The van der Waals surface area contributed by atoms with Gasteiger partial charge >= 0.3 is 0 Å². The van der Waals surface area contributed by atoms with Crippen molar-refractivity contribution in [3.05, 3.63) is 54.1 Å². The molecule has 31 heavy (non-hydrogen) atoms. The maximum Gasteiger partial charge on any atom is 0.229 e. The van der Waals surface area contributed by atoms with Crippen molar-refractivity contribution in [3.63, 3.8) is 0 Å². The first-order valence-electron chi connectivity index (χ1n) is 9.45. The summed E-state index contributed by atoms with van der Waals surface area (Å²) in [5.74, 6) is 0.559. The van der Waals surface area contributed by atoms with Gasteiger partial charge in [-0.2, -0.15) is 10.1 Å². The summed E-state index contributed by atoms with van der Waals surface area (Å²) in [6.07, 6.45) is 2.64. The molecule has 3 aromatic heterocycles. The van der Waals surface area contributed by atoms with Gasteiger partial charge in [0.25, 0.3) is 0 Å². The Morgan fingerprint density at radius 3 is 2.68 bits per heavy atom. The molecule has 11 heteroatoms. The van der Waals surface area contributed by atoms with Crippen LogP contribution < -0.4 is 10.6 Å². The van der Waals surface area contributed by atoms with Gasteiger partial charge in [-0.25, -0.2) is 22.8 Å². The molecule has 160 valence electrons. The van der Waals surface area contributed by atoms with Crippen LogP contribution >= 0.6 is 0 Å². The molecular weight excluding hydrogens is 421 g/mol. The van der Waals surface area contributed by atoms with Crippen molar-refractivity contribution in [1.29, 1.82) is 0 Å². The Bertz CT molecular complexity index is 1370.